The van der Waals surface area contributed by atoms with Gasteiger partial charge in [0.1, 0.15) is 46.0 Å². The maximum atomic E-state index is 8.58. The van der Waals surface area contributed by atoms with E-state index < -0.39 is 7.12 Å². The van der Waals surface area contributed by atoms with Crippen molar-refractivity contribution in [3.8, 4) is 68.2 Å². The average Bonchev–Trinajstić information content (AvgIpc) is 3.33. The van der Waals surface area contributed by atoms with E-state index in [4.69, 9.17) is 29.0 Å². The third-order valence-corrected chi connectivity index (χ3v) is 10.5. The van der Waals surface area contributed by atoms with Crippen molar-refractivity contribution in [2.24, 2.45) is 0 Å². The van der Waals surface area contributed by atoms with Crippen LogP contribution in [0.3, 0.4) is 0 Å². The van der Waals surface area contributed by atoms with Gasteiger partial charge in [0.25, 0.3) is 0 Å². The first-order chi connectivity index (χ1) is 30.9. The second kappa shape index (κ2) is 22.8. The smallest absolute Gasteiger partial charge is 0.457 e. The second-order valence-electron chi connectivity index (χ2n) is 13.7. The predicted octanol–water partition coefficient (Wildman–Crippen LogP) is 14.8. The maximum absolute atomic E-state index is 8.58. The highest BCUT2D eigenvalue weighted by molar-refractivity contribution is 9.11. The summed E-state index contributed by atoms with van der Waals surface area (Å²) >= 11 is 7.03. The third-order valence-electron chi connectivity index (χ3n) is 9.22. The van der Waals surface area contributed by atoms with Crippen molar-refractivity contribution < 1.29 is 29.0 Å². The summed E-state index contributed by atoms with van der Waals surface area (Å²) in [5.74, 6) is 5.99. The Labute approximate surface area is 385 Å². The van der Waals surface area contributed by atoms with Gasteiger partial charge in [-0.15, -0.1) is 0 Å². The van der Waals surface area contributed by atoms with Gasteiger partial charge >= 0.3 is 7.12 Å². The van der Waals surface area contributed by atoms with Gasteiger partial charge < -0.3 is 29.0 Å². The Bertz CT molecular complexity index is 2590. The normalized spacial score (nSPS) is 10.2. The minimum Gasteiger partial charge on any atom is -0.457 e. The van der Waals surface area contributed by atoms with E-state index in [0.717, 1.165) is 65.7 Å². The minimum atomic E-state index is -1.34. The van der Waals surface area contributed by atoms with Crippen LogP contribution in [0.4, 0.5) is 0 Å². The molecule has 0 radical (unpaired) electrons. The van der Waals surface area contributed by atoms with Crippen LogP contribution in [-0.2, 0) is 0 Å². The van der Waals surface area contributed by atoms with Gasteiger partial charge in [0.2, 0.25) is 0 Å². The molecule has 9 aromatic carbocycles. The Morgan fingerprint density at radius 1 is 0.302 bits per heavy atom. The number of halogens is 2. The van der Waals surface area contributed by atoms with E-state index in [1.807, 2.05) is 182 Å². The van der Waals surface area contributed by atoms with Crippen LogP contribution in [-0.4, -0.2) is 17.2 Å². The topological polar surface area (TPSA) is 77.4 Å². The van der Waals surface area contributed by atoms with Crippen LogP contribution in [0.5, 0.6) is 46.0 Å². The van der Waals surface area contributed by atoms with E-state index in [1.54, 1.807) is 24.3 Å². The van der Waals surface area contributed by atoms with Crippen molar-refractivity contribution in [3.05, 3.63) is 246 Å². The van der Waals surface area contributed by atoms with Gasteiger partial charge in [0.05, 0.1) is 8.95 Å². The van der Waals surface area contributed by atoms with Crippen LogP contribution >= 0.6 is 31.9 Å². The molecule has 9 heteroatoms. The number of para-hydroxylation sites is 4. The molecule has 0 unspecified atom stereocenters. The van der Waals surface area contributed by atoms with Crippen LogP contribution in [0.25, 0.3) is 22.3 Å². The highest BCUT2D eigenvalue weighted by Crippen LogP contribution is 2.44. The van der Waals surface area contributed by atoms with Gasteiger partial charge in [-0.05, 0) is 109 Å². The molecule has 2 N–H and O–H groups in total. The predicted molar refractivity (Wildman–Crippen MR) is 261 cm³/mol. The Hall–Kier alpha value is -6.88. The van der Waals surface area contributed by atoms with E-state index in [9.17, 15) is 0 Å². The summed E-state index contributed by atoms with van der Waals surface area (Å²) < 4.78 is 26.2. The molecule has 0 aliphatic rings. The molecule has 0 atom stereocenters. The Morgan fingerprint density at radius 3 is 0.873 bits per heavy atom. The number of hydrogen-bond acceptors (Lipinski definition) is 6. The van der Waals surface area contributed by atoms with Crippen LogP contribution in [0, 0.1) is 0 Å². The van der Waals surface area contributed by atoms with Crippen molar-refractivity contribution in [1.29, 1.82) is 0 Å². The molecule has 0 aliphatic carbocycles. The first-order valence-electron chi connectivity index (χ1n) is 20.0. The molecular weight excluding hydrogens is 915 g/mol. The maximum Gasteiger partial charge on any atom is 0.488 e. The van der Waals surface area contributed by atoms with Crippen molar-refractivity contribution in [2.75, 3.05) is 0 Å². The lowest BCUT2D eigenvalue weighted by atomic mass is 9.81. The van der Waals surface area contributed by atoms with E-state index in [1.165, 1.54) is 0 Å². The zero-order chi connectivity index (χ0) is 43.6. The van der Waals surface area contributed by atoms with Crippen molar-refractivity contribution in [2.45, 2.75) is 0 Å². The zero-order valence-electron chi connectivity index (χ0n) is 33.9. The first kappa shape index (κ1) is 44.2. The third kappa shape index (κ3) is 13.1. The number of hydrogen-bond donors (Lipinski definition) is 2. The van der Waals surface area contributed by atoms with Crippen LogP contribution < -0.4 is 24.4 Å². The van der Waals surface area contributed by atoms with Crippen molar-refractivity contribution in [3.63, 3.8) is 0 Å². The molecule has 0 saturated carbocycles. The van der Waals surface area contributed by atoms with E-state index in [0.29, 0.717) is 17.0 Å². The molecule has 6 nitrogen and oxygen atoms in total. The Balaban J connectivity index is 0.000000165. The number of benzene rings is 9. The van der Waals surface area contributed by atoms with Gasteiger partial charge in [-0.25, -0.2) is 0 Å². The van der Waals surface area contributed by atoms with Crippen LogP contribution in [0.2, 0.25) is 0 Å². The average molecular weight is 957 g/mol. The fraction of sp³-hybridized carbons (Fsp3) is 0. The number of rotatable bonds is 11. The van der Waals surface area contributed by atoms with Crippen LogP contribution in [0.1, 0.15) is 0 Å². The van der Waals surface area contributed by atoms with Gasteiger partial charge in [0.15, 0.2) is 0 Å². The summed E-state index contributed by atoms with van der Waals surface area (Å²) in [6, 6.07) is 76.1. The molecule has 9 rings (SSSR count). The standard InChI is InChI=1S/C30H22O2.C18H12Br2O2.C6H7BO2/c1-5-13-23(14-6-1)27-21-28(24-15-7-2-8-16-24)30(32-26-19-11-4-12-20-26)22-29(27)31-25-17-9-3-10-18-25;19-15-11-16(20)18(22-14-9-5-2-6-10-14)12-17(15)21-13-7-3-1-4-8-13;8-7(9)6-4-2-1-3-5-6/h1-22H;1-12H;1-5,8-9H. The lowest BCUT2D eigenvalue weighted by molar-refractivity contribution is 0.425. The quantitative estimate of drug-likeness (QED) is 0.126. The van der Waals surface area contributed by atoms with Crippen LogP contribution in [0.15, 0.2) is 246 Å². The molecule has 0 aromatic heterocycles. The fourth-order valence-corrected chi connectivity index (χ4v) is 7.33. The fourth-order valence-electron chi connectivity index (χ4n) is 6.17. The lowest BCUT2D eigenvalue weighted by Crippen LogP contribution is -2.29. The molecule has 0 saturated heterocycles. The summed E-state index contributed by atoms with van der Waals surface area (Å²) in [6.07, 6.45) is 0. The molecule has 0 heterocycles. The van der Waals surface area contributed by atoms with Gasteiger partial charge in [-0.2, -0.15) is 0 Å². The summed E-state index contributed by atoms with van der Waals surface area (Å²) in [5.41, 5.74) is 4.71. The van der Waals surface area contributed by atoms with Crippen molar-refractivity contribution in [1.82, 2.24) is 0 Å². The monoisotopic (exact) mass is 954 g/mol. The van der Waals surface area contributed by atoms with E-state index in [2.05, 4.69) is 62.2 Å². The van der Waals surface area contributed by atoms with Gasteiger partial charge in [-0.3, -0.25) is 0 Å². The minimum absolute atomic E-state index is 0.525. The highest BCUT2D eigenvalue weighted by atomic mass is 79.9. The largest absolute Gasteiger partial charge is 0.488 e. The Morgan fingerprint density at radius 2 is 0.571 bits per heavy atom. The summed E-state index contributed by atoms with van der Waals surface area (Å²) in [7, 11) is -1.34. The molecule has 0 fully saturated rings. The summed E-state index contributed by atoms with van der Waals surface area (Å²) in [4.78, 5) is 0. The van der Waals surface area contributed by atoms with Gasteiger partial charge in [0, 0.05) is 23.3 Å². The van der Waals surface area contributed by atoms with Gasteiger partial charge in [-0.1, -0.05) is 164 Å². The summed E-state index contributed by atoms with van der Waals surface area (Å²) in [6.45, 7) is 0. The molecule has 0 bridgehead atoms. The molecule has 0 aliphatic heterocycles. The molecule has 310 valence electrons. The van der Waals surface area contributed by atoms with E-state index in [-0.39, 0.29) is 0 Å². The first-order valence-corrected chi connectivity index (χ1v) is 21.6. The number of ether oxygens (including phenoxy) is 4. The van der Waals surface area contributed by atoms with Crippen molar-refractivity contribution >= 4 is 44.4 Å². The highest BCUT2D eigenvalue weighted by Gasteiger charge is 2.17. The second-order valence-corrected chi connectivity index (χ2v) is 15.4. The Kier molecular flexibility index (Phi) is 16.0. The molecule has 9 aromatic rings. The molecule has 0 amide bonds. The van der Waals surface area contributed by atoms with E-state index >= 15 is 0 Å². The lowest BCUT2D eigenvalue weighted by Gasteiger charge is -2.18. The molecule has 63 heavy (non-hydrogen) atoms. The zero-order valence-corrected chi connectivity index (χ0v) is 37.0. The molecular formula is C54H41BBr2O6. The molecule has 0 spiro atoms. The SMILES string of the molecule is Brc1cc(Br)c(Oc2ccccc2)cc1Oc1ccccc1.OB(O)c1ccccc1.c1ccc(Oc2cc(Oc3ccccc3)c(-c3ccccc3)cc2-c2ccccc2)cc1. The summed E-state index contributed by atoms with van der Waals surface area (Å²) in [5, 5.41) is 17.2.